The fourth-order valence-electron chi connectivity index (χ4n) is 6.07. The van der Waals surface area contributed by atoms with Crippen LogP contribution in [0.4, 0.5) is 0 Å². The van der Waals surface area contributed by atoms with Crippen LogP contribution in [0.5, 0.6) is 0 Å². The lowest BCUT2D eigenvalue weighted by molar-refractivity contribution is -0.132. The van der Waals surface area contributed by atoms with Crippen molar-refractivity contribution in [2.75, 3.05) is 0 Å². The maximum absolute atomic E-state index is 13.3. The quantitative estimate of drug-likeness (QED) is 0.365. The summed E-state index contributed by atoms with van der Waals surface area (Å²) < 4.78 is 5.89. The zero-order valence-corrected chi connectivity index (χ0v) is 16.0. The molecule has 0 aromatic rings. The van der Waals surface area contributed by atoms with Gasteiger partial charge in [0.25, 0.3) is 0 Å². The van der Waals surface area contributed by atoms with Gasteiger partial charge in [-0.25, -0.2) is 0 Å². The molecule has 4 rings (SSSR count). The van der Waals surface area contributed by atoms with Crippen molar-refractivity contribution in [2.45, 2.75) is 76.7 Å². The van der Waals surface area contributed by atoms with Crippen LogP contribution in [0.1, 0.15) is 41.0 Å². The fourth-order valence-corrected chi connectivity index (χ4v) is 6.07. The third-order valence-electron chi connectivity index (χ3n) is 7.81. The van der Waals surface area contributed by atoms with Gasteiger partial charge in [-0.2, -0.15) is 0 Å². The number of hydrogen-bond donors (Lipinski definition) is 4. The Bertz CT molecular complexity index is 686. The number of aliphatic hydroxyl groups is 4. The predicted octanol–water partition coefficient (Wildman–Crippen LogP) is 0.415. The number of fused-ring (bicyclic) bond motifs is 1. The molecule has 2 saturated carbocycles. The third kappa shape index (κ3) is 1.97. The first-order valence-corrected chi connectivity index (χ1v) is 9.58. The minimum absolute atomic E-state index is 0.129. The number of hydrogen-bond acceptors (Lipinski definition) is 6. The zero-order chi connectivity index (χ0) is 19.4. The molecule has 6 heteroatoms. The van der Waals surface area contributed by atoms with Gasteiger partial charge in [-0.3, -0.25) is 4.79 Å². The first-order chi connectivity index (χ1) is 11.9. The van der Waals surface area contributed by atoms with Crippen LogP contribution < -0.4 is 0 Å². The molecule has 10 atom stereocenters. The molecule has 1 saturated heterocycles. The second-order valence-corrected chi connectivity index (χ2v) is 9.69. The van der Waals surface area contributed by atoms with Gasteiger partial charge in [0.05, 0.1) is 18.3 Å². The van der Waals surface area contributed by atoms with Crippen molar-refractivity contribution in [3.63, 3.8) is 0 Å². The fraction of sp³-hybridized carbons (Fsp3) is 0.850. The van der Waals surface area contributed by atoms with Crippen molar-refractivity contribution in [1.82, 2.24) is 0 Å². The SMILES string of the molecule is C/C1=C\[C@@]23O[C@@]2(C[C@H](C)[C@@H]3O)C(=O)[C@H](C)[C@H](O)[C@@H]2[C@@H]([C@H](O)[C@@H]1O)C2(C)C. The summed E-state index contributed by atoms with van der Waals surface area (Å²) in [7, 11) is 0. The minimum Gasteiger partial charge on any atom is -0.392 e. The number of epoxide rings is 1. The van der Waals surface area contributed by atoms with Gasteiger partial charge in [-0.05, 0) is 48.2 Å². The molecule has 0 amide bonds. The molecular formula is C20H30O6. The van der Waals surface area contributed by atoms with Crippen molar-refractivity contribution in [2.24, 2.45) is 29.1 Å². The van der Waals surface area contributed by atoms with Gasteiger partial charge in [0, 0.05) is 5.92 Å². The molecule has 1 heterocycles. The van der Waals surface area contributed by atoms with Crippen LogP contribution in [-0.4, -0.2) is 61.8 Å². The molecule has 0 aromatic heterocycles. The van der Waals surface area contributed by atoms with E-state index in [0.717, 1.165) is 0 Å². The van der Waals surface area contributed by atoms with E-state index < -0.39 is 41.5 Å². The lowest BCUT2D eigenvalue weighted by atomic mass is 9.81. The van der Waals surface area contributed by atoms with Crippen LogP contribution in [0.15, 0.2) is 11.6 Å². The molecule has 0 spiro atoms. The number of carbonyl (C=O) groups excluding carboxylic acids is 1. The number of ether oxygens (including phenoxy) is 1. The first-order valence-electron chi connectivity index (χ1n) is 9.58. The summed E-state index contributed by atoms with van der Waals surface area (Å²) in [5.74, 6) is -1.55. The van der Waals surface area contributed by atoms with E-state index in [2.05, 4.69) is 0 Å². The molecular weight excluding hydrogens is 336 g/mol. The molecule has 6 nitrogen and oxygen atoms in total. The molecule has 3 fully saturated rings. The number of Topliss-reactive ketones (excluding diaryl/α,β-unsaturated/α-hetero) is 1. The van der Waals surface area contributed by atoms with E-state index in [1.54, 1.807) is 19.9 Å². The summed E-state index contributed by atoms with van der Waals surface area (Å²) in [6.45, 7) is 9.16. The van der Waals surface area contributed by atoms with Gasteiger partial charge in [0.15, 0.2) is 17.0 Å². The number of rotatable bonds is 0. The van der Waals surface area contributed by atoms with Crippen molar-refractivity contribution < 1.29 is 30.0 Å². The molecule has 0 bridgehead atoms. The molecule has 0 radical (unpaired) electrons. The second-order valence-electron chi connectivity index (χ2n) is 9.69. The topological polar surface area (TPSA) is 111 Å². The Morgan fingerprint density at radius 2 is 1.65 bits per heavy atom. The summed E-state index contributed by atoms with van der Waals surface area (Å²) in [4.78, 5) is 13.3. The summed E-state index contributed by atoms with van der Waals surface area (Å²) in [6.07, 6.45) is -1.92. The van der Waals surface area contributed by atoms with Crippen LogP contribution in [0.2, 0.25) is 0 Å². The lowest BCUT2D eigenvalue weighted by Gasteiger charge is -2.23. The summed E-state index contributed by atoms with van der Waals surface area (Å²) in [6, 6.07) is 0. The highest BCUT2D eigenvalue weighted by Gasteiger charge is 2.82. The average molecular weight is 366 g/mol. The van der Waals surface area contributed by atoms with E-state index in [9.17, 15) is 25.2 Å². The first kappa shape index (κ1) is 18.6. The van der Waals surface area contributed by atoms with Crippen LogP contribution in [0.3, 0.4) is 0 Å². The van der Waals surface area contributed by atoms with Crippen LogP contribution in [0.25, 0.3) is 0 Å². The maximum Gasteiger partial charge on any atom is 0.173 e. The Labute approximate surface area is 153 Å². The van der Waals surface area contributed by atoms with Crippen LogP contribution in [0, 0.1) is 29.1 Å². The van der Waals surface area contributed by atoms with Crippen LogP contribution in [-0.2, 0) is 9.53 Å². The van der Waals surface area contributed by atoms with Crippen LogP contribution >= 0.6 is 0 Å². The molecule has 1 aliphatic heterocycles. The smallest absolute Gasteiger partial charge is 0.173 e. The maximum atomic E-state index is 13.3. The van der Waals surface area contributed by atoms with E-state index in [-0.39, 0.29) is 29.0 Å². The highest BCUT2D eigenvalue weighted by atomic mass is 16.7. The van der Waals surface area contributed by atoms with Crippen molar-refractivity contribution in [3.05, 3.63) is 11.6 Å². The van der Waals surface area contributed by atoms with Crippen molar-refractivity contribution in [1.29, 1.82) is 0 Å². The largest absolute Gasteiger partial charge is 0.392 e. The van der Waals surface area contributed by atoms with Gasteiger partial charge >= 0.3 is 0 Å². The summed E-state index contributed by atoms with van der Waals surface area (Å²) >= 11 is 0. The van der Waals surface area contributed by atoms with E-state index >= 15 is 0 Å². The van der Waals surface area contributed by atoms with E-state index in [4.69, 9.17) is 4.74 Å². The third-order valence-corrected chi connectivity index (χ3v) is 7.81. The van der Waals surface area contributed by atoms with Gasteiger partial charge in [0.1, 0.15) is 6.10 Å². The zero-order valence-electron chi connectivity index (χ0n) is 16.0. The number of aliphatic hydroxyl groups excluding tert-OH is 4. The Morgan fingerprint density at radius 3 is 2.27 bits per heavy atom. The van der Waals surface area contributed by atoms with Gasteiger partial charge in [0.2, 0.25) is 0 Å². The average Bonchev–Trinajstić information content (AvgIpc) is 3.37. The molecule has 0 unspecified atom stereocenters. The normalized spacial score (nSPS) is 60.0. The summed E-state index contributed by atoms with van der Waals surface area (Å²) in [5, 5.41) is 43.0. The minimum atomic E-state index is -1.16. The van der Waals surface area contributed by atoms with Gasteiger partial charge < -0.3 is 25.2 Å². The van der Waals surface area contributed by atoms with Gasteiger partial charge in [-0.1, -0.05) is 27.7 Å². The lowest BCUT2D eigenvalue weighted by Crippen LogP contribution is -2.41. The standard InChI is InChI=1S/C20H30O6/c1-8-6-19-16(24)9(2)7-20(19,26-19)17(25)10(3)14(22)11-12(18(11,4)5)15(23)13(8)21/h6,9-16,21-24H,7H2,1-5H3/b8-6+/t9-,10+,11-,12-,13+,14-,15-,16-,19-,20-/m0/s1. The monoisotopic (exact) mass is 366 g/mol. The summed E-state index contributed by atoms with van der Waals surface area (Å²) in [5.41, 5.74) is -2.18. The van der Waals surface area contributed by atoms with Crippen molar-refractivity contribution in [3.8, 4) is 0 Å². The molecule has 4 N–H and O–H groups in total. The Hall–Kier alpha value is -0.790. The molecule has 146 valence electrons. The molecule has 0 aromatic carbocycles. The predicted molar refractivity (Wildman–Crippen MR) is 93.0 cm³/mol. The second kappa shape index (κ2) is 5.17. The molecule has 4 aliphatic rings. The Morgan fingerprint density at radius 1 is 1.08 bits per heavy atom. The highest BCUT2D eigenvalue weighted by Crippen LogP contribution is 2.67. The van der Waals surface area contributed by atoms with E-state index in [0.29, 0.717) is 12.0 Å². The van der Waals surface area contributed by atoms with Gasteiger partial charge in [-0.15, -0.1) is 0 Å². The Balaban J connectivity index is 1.82. The number of ketones is 1. The van der Waals surface area contributed by atoms with E-state index in [1.807, 2.05) is 20.8 Å². The molecule has 26 heavy (non-hydrogen) atoms. The molecule has 3 aliphatic carbocycles. The highest BCUT2D eigenvalue weighted by molar-refractivity contribution is 5.95. The van der Waals surface area contributed by atoms with E-state index in [1.165, 1.54) is 0 Å². The number of carbonyl (C=O) groups is 1. The van der Waals surface area contributed by atoms with Crippen molar-refractivity contribution >= 4 is 5.78 Å². The Kier molecular flexibility index (Phi) is 3.69.